The quantitative estimate of drug-likeness (QED) is 0.636. The van der Waals surface area contributed by atoms with Gasteiger partial charge < -0.3 is 20.4 Å². The number of β-amino-alcohol motifs (C(OH)–C–C–N with tert-alkyl or cyclic N) is 1. The molecular weight excluding hydrogens is 264 g/mol. The zero-order valence-electron chi connectivity index (χ0n) is 12.0. The van der Waals surface area contributed by atoms with E-state index in [9.17, 15) is 19.5 Å². The van der Waals surface area contributed by atoms with Gasteiger partial charge in [0.25, 0.3) is 0 Å². The van der Waals surface area contributed by atoms with Crippen LogP contribution in [0.1, 0.15) is 33.6 Å². The number of hydrogen-bond acceptors (Lipinski definition) is 4. The highest BCUT2D eigenvalue weighted by Crippen LogP contribution is 2.18. The van der Waals surface area contributed by atoms with E-state index >= 15 is 0 Å². The number of nitrogens with zero attached hydrogens (tertiary/aromatic N) is 1. The number of rotatable bonds is 5. The highest BCUT2D eigenvalue weighted by molar-refractivity contribution is 5.90. The zero-order chi connectivity index (χ0) is 15.4. The Kier molecular flexibility index (Phi) is 5.50. The lowest BCUT2D eigenvalue weighted by Crippen LogP contribution is -2.50. The average Bonchev–Trinajstić information content (AvgIpc) is 2.69. The van der Waals surface area contributed by atoms with Crippen LogP contribution in [0.5, 0.6) is 0 Å². The molecule has 0 spiro atoms. The SMILES string of the molecule is CC(=O)N1C[C@H](O)C[C@H]1C(=O)N[C@H](CC(C)C)C(=O)O. The topological polar surface area (TPSA) is 107 Å². The van der Waals surface area contributed by atoms with E-state index in [1.165, 1.54) is 11.8 Å². The summed E-state index contributed by atoms with van der Waals surface area (Å²) in [6, 6.07) is -1.77. The van der Waals surface area contributed by atoms with E-state index in [1.54, 1.807) is 0 Å². The van der Waals surface area contributed by atoms with Crippen LogP contribution in [0.25, 0.3) is 0 Å². The van der Waals surface area contributed by atoms with E-state index in [0.717, 1.165) is 0 Å². The number of amides is 2. The minimum Gasteiger partial charge on any atom is -0.480 e. The van der Waals surface area contributed by atoms with Gasteiger partial charge in [-0.3, -0.25) is 9.59 Å². The maximum Gasteiger partial charge on any atom is 0.326 e. The Hall–Kier alpha value is -1.63. The van der Waals surface area contributed by atoms with Crippen LogP contribution in [0.15, 0.2) is 0 Å². The Morgan fingerprint density at radius 1 is 1.35 bits per heavy atom. The van der Waals surface area contributed by atoms with Gasteiger partial charge in [-0.05, 0) is 12.3 Å². The number of hydrogen-bond donors (Lipinski definition) is 3. The molecular formula is C13H22N2O5. The summed E-state index contributed by atoms with van der Waals surface area (Å²) in [6.45, 7) is 5.16. The smallest absolute Gasteiger partial charge is 0.326 e. The standard InChI is InChI=1S/C13H22N2O5/c1-7(2)4-10(13(19)20)14-12(18)11-5-9(17)6-15(11)8(3)16/h7,9-11,17H,4-6H2,1-3H3,(H,14,18)(H,19,20)/t9-,10-,11+/m1/s1. The van der Waals surface area contributed by atoms with Gasteiger partial charge in [-0.25, -0.2) is 4.79 Å². The number of carboxylic acids is 1. The van der Waals surface area contributed by atoms with E-state index in [2.05, 4.69) is 5.32 Å². The summed E-state index contributed by atoms with van der Waals surface area (Å²) in [5.41, 5.74) is 0. The molecule has 0 aromatic carbocycles. The molecule has 114 valence electrons. The van der Waals surface area contributed by atoms with Crippen molar-refractivity contribution in [2.45, 2.75) is 51.8 Å². The molecule has 7 heteroatoms. The predicted molar refractivity (Wildman–Crippen MR) is 70.8 cm³/mol. The summed E-state index contributed by atoms with van der Waals surface area (Å²) in [5.74, 6) is -1.81. The minimum atomic E-state index is -1.10. The molecule has 0 aromatic rings. The van der Waals surface area contributed by atoms with Crippen LogP contribution in [0.3, 0.4) is 0 Å². The minimum absolute atomic E-state index is 0.106. The number of carbonyl (C=O) groups is 3. The average molecular weight is 286 g/mol. The lowest BCUT2D eigenvalue weighted by atomic mass is 10.0. The molecule has 3 N–H and O–H groups in total. The lowest BCUT2D eigenvalue weighted by Gasteiger charge is -2.24. The molecule has 20 heavy (non-hydrogen) atoms. The molecule has 1 rings (SSSR count). The zero-order valence-corrected chi connectivity index (χ0v) is 12.0. The second kappa shape index (κ2) is 6.69. The van der Waals surface area contributed by atoms with Crippen molar-refractivity contribution >= 4 is 17.8 Å². The van der Waals surface area contributed by atoms with Crippen LogP contribution < -0.4 is 5.32 Å². The molecule has 0 bridgehead atoms. The Morgan fingerprint density at radius 3 is 2.40 bits per heavy atom. The Balaban J connectivity index is 2.72. The third-order valence-electron chi connectivity index (χ3n) is 3.31. The van der Waals surface area contributed by atoms with Crippen molar-refractivity contribution in [2.24, 2.45) is 5.92 Å². The number of carbonyl (C=O) groups excluding carboxylic acids is 2. The van der Waals surface area contributed by atoms with Crippen LogP contribution in [-0.2, 0) is 14.4 Å². The van der Waals surface area contributed by atoms with E-state index in [4.69, 9.17) is 5.11 Å². The van der Waals surface area contributed by atoms with Gasteiger partial charge in [-0.15, -0.1) is 0 Å². The van der Waals surface area contributed by atoms with Gasteiger partial charge in [-0.1, -0.05) is 13.8 Å². The van der Waals surface area contributed by atoms with E-state index in [0.29, 0.717) is 6.42 Å². The molecule has 1 fully saturated rings. The summed E-state index contributed by atoms with van der Waals surface area (Å²) >= 11 is 0. The Bertz CT molecular complexity index is 396. The van der Waals surface area contributed by atoms with Crippen molar-refractivity contribution in [1.29, 1.82) is 0 Å². The van der Waals surface area contributed by atoms with Crippen molar-refractivity contribution in [3.63, 3.8) is 0 Å². The van der Waals surface area contributed by atoms with Gasteiger partial charge >= 0.3 is 5.97 Å². The highest BCUT2D eigenvalue weighted by Gasteiger charge is 2.38. The van der Waals surface area contributed by atoms with Gasteiger partial charge in [-0.2, -0.15) is 0 Å². The van der Waals surface area contributed by atoms with Gasteiger partial charge in [0.05, 0.1) is 6.10 Å². The molecule has 0 radical (unpaired) electrons. The summed E-state index contributed by atoms with van der Waals surface area (Å²) < 4.78 is 0. The van der Waals surface area contributed by atoms with Crippen LogP contribution in [0.4, 0.5) is 0 Å². The number of aliphatic hydroxyl groups excluding tert-OH is 1. The van der Waals surface area contributed by atoms with Crippen molar-refractivity contribution in [3.05, 3.63) is 0 Å². The molecule has 1 aliphatic rings. The van der Waals surface area contributed by atoms with Crippen molar-refractivity contribution in [1.82, 2.24) is 10.2 Å². The van der Waals surface area contributed by atoms with Crippen LogP contribution >= 0.6 is 0 Å². The molecule has 1 aliphatic heterocycles. The first-order valence-electron chi connectivity index (χ1n) is 6.70. The maximum atomic E-state index is 12.1. The number of aliphatic carboxylic acids is 1. The largest absolute Gasteiger partial charge is 0.480 e. The number of nitrogens with one attached hydrogen (secondary N) is 1. The predicted octanol–water partition coefficient (Wildman–Crippen LogP) is -0.416. The molecule has 0 unspecified atom stereocenters. The Labute approximate surface area is 117 Å². The molecule has 1 heterocycles. The number of likely N-dealkylation sites (tertiary alicyclic amines) is 1. The molecule has 2 amide bonds. The summed E-state index contributed by atoms with van der Waals surface area (Å²) in [5, 5.41) is 21.1. The maximum absolute atomic E-state index is 12.1. The first-order chi connectivity index (χ1) is 9.22. The third kappa shape index (κ3) is 4.19. The van der Waals surface area contributed by atoms with E-state index < -0.39 is 30.1 Å². The normalized spacial score (nSPS) is 23.8. The first-order valence-corrected chi connectivity index (χ1v) is 6.70. The van der Waals surface area contributed by atoms with E-state index in [1.807, 2.05) is 13.8 Å². The summed E-state index contributed by atoms with van der Waals surface area (Å²) in [6.07, 6.45) is -0.293. The molecule has 0 aromatic heterocycles. The van der Waals surface area contributed by atoms with E-state index in [-0.39, 0.29) is 24.8 Å². The second-order valence-electron chi connectivity index (χ2n) is 5.61. The van der Waals surface area contributed by atoms with Crippen molar-refractivity contribution in [3.8, 4) is 0 Å². The molecule has 0 saturated carbocycles. The van der Waals surface area contributed by atoms with Gasteiger partial charge in [0.15, 0.2) is 0 Å². The van der Waals surface area contributed by atoms with Gasteiger partial charge in [0.1, 0.15) is 12.1 Å². The monoisotopic (exact) mass is 286 g/mol. The fraction of sp³-hybridized carbons (Fsp3) is 0.769. The van der Waals surface area contributed by atoms with Crippen LogP contribution in [0, 0.1) is 5.92 Å². The van der Waals surface area contributed by atoms with Crippen LogP contribution in [0.2, 0.25) is 0 Å². The van der Waals surface area contributed by atoms with Gasteiger partial charge in [0, 0.05) is 19.9 Å². The fourth-order valence-electron chi connectivity index (χ4n) is 2.37. The fourth-order valence-corrected chi connectivity index (χ4v) is 2.37. The molecule has 0 aliphatic carbocycles. The first kappa shape index (κ1) is 16.4. The number of carboxylic acid groups (broad SMARTS) is 1. The molecule has 3 atom stereocenters. The summed E-state index contributed by atoms with van der Waals surface area (Å²) in [7, 11) is 0. The van der Waals surface area contributed by atoms with Crippen molar-refractivity contribution in [2.75, 3.05) is 6.54 Å². The lowest BCUT2D eigenvalue weighted by molar-refractivity contribution is -0.144. The Morgan fingerprint density at radius 2 is 1.95 bits per heavy atom. The van der Waals surface area contributed by atoms with Gasteiger partial charge in [0.2, 0.25) is 11.8 Å². The third-order valence-corrected chi connectivity index (χ3v) is 3.31. The highest BCUT2D eigenvalue weighted by atomic mass is 16.4. The summed E-state index contributed by atoms with van der Waals surface area (Å²) in [4.78, 5) is 35.9. The number of aliphatic hydroxyl groups is 1. The van der Waals surface area contributed by atoms with Crippen LogP contribution in [-0.4, -0.2) is 57.6 Å². The second-order valence-corrected chi connectivity index (χ2v) is 5.61. The van der Waals surface area contributed by atoms with Crippen molar-refractivity contribution < 1.29 is 24.6 Å². The molecule has 7 nitrogen and oxygen atoms in total. The molecule has 1 saturated heterocycles.